The molecule has 0 saturated carbocycles. The zero-order valence-corrected chi connectivity index (χ0v) is 11.7. The maximum Gasteiger partial charge on any atom is 0.344 e. The van der Waals surface area contributed by atoms with Crippen molar-refractivity contribution >= 4 is 11.7 Å². The number of rotatable bonds is 10. The quantitative estimate of drug-likeness (QED) is 0.395. The van der Waals surface area contributed by atoms with Crippen LogP contribution in [-0.2, 0) is 19.0 Å². The Kier molecular flexibility index (Phi) is 8.17. The number of hydrogen-bond acceptors (Lipinski definition) is 6. The number of carbonyl (C=O) groups is 1. The van der Waals surface area contributed by atoms with Crippen molar-refractivity contribution in [3.8, 4) is 5.75 Å². The molecule has 0 aromatic heterocycles. The van der Waals surface area contributed by atoms with Gasteiger partial charge >= 0.3 is 5.97 Å². The van der Waals surface area contributed by atoms with Crippen molar-refractivity contribution in [2.45, 2.75) is 6.42 Å². The van der Waals surface area contributed by atoms with E-state index in [0.717, 1.165) is 0 Å². The third-order valence-corrected chi connectivity index (χ3v) is 2.36. The first-order chi connectivity index (χ1) is 9.72. The second-order valence-corrected chi connectivity index (χ2v) is 4.04. The van der Waals surface area contributed by atoms with Crippen LogP contribution in [0.25, 0.3) is 0 Å². The van der Waals surface area contributed by atoms with Gasteiger partial charge in [-0.05, 0) is 24.3 Å². The van der Waals surface area contributed by atoms with Crippen molar-refractivity contribution in [2.24, 2.45) is 0 Å². The fourth-order valence-electron chi connectivity index (χ4n) is 1.34. The molecule has 0 radical (unpaired) electrons. The van der Waals surface area contributed by atoms with Crippen LogP contribution in [-0.4, -0.2) is 46.1 Å². The SMILES string of the molecule is COCCOCCCOC(=O)COc1ccc(N)cc1. The summed E-state index contributed by atoms with van der Waals surface area (Å²) in [4.78, 5) is 11.4. The van der Waals surface area contributed by atoms with Gasteiger partial charge in [0.15, 0.2) is 6.61 Å². The molecule has 0 heterocycles. The van der Waals surface area contributed by atoms with Crippen LogP contribution in [0.15, 0.2) is 24.3 Å². The fourth-order valence-corrected chi connectivity index (χ4v) is 1.34. The van der Waals surface area contributed by atoms with E-state index in [1.807, 2.05) is 0 Å². The molecular formula is C14H21NO5. The van der Waals surface area contributed by atoms with E-state index >= 15 is 0 Å². The summed E-state index contributed by atoms with van der Waals surface area (Å²) in [6, 6.07) is 6.81. The summed E-state index contributed by atoms with van der Waals surface area (Å²) in [6.45, 7) is 1.85. The van der Waals surface area contributed by atoms with Gasteiger partial charge in [-0.2, -0.15) is 0 Å². The molecule has 0 bridgehead atoms. The third-order valence-electron chi connectivity index (χ3n) is 2.36. The highest BCUT2D eigenvalue weighted by atomic mass is 16.6. The van der Waals surface area contributed by atoms with Crippen LogP contribution < -0.4 is 10.5 Å². The summed E-state index contributed by atoms with van der Waals surface area (Å²) in [5.41, 5.74) is 6.19. The van der Waals surface area contributed by atoms with Gasteiger partial charge in [0.2, 0.25) is 0 Å². The maximum atomic E-state index is 11.4. The molecule has 0 amide bonds. The smallest absolute Gasteiger partial charge is 0.344 e. The molecule has 0 fully saturated rings. The molecule has 0 aliphatic carbocycles. The number of esters is 1. The number of nitrogens with two attached hydrogens (primary N) is 1. The molecule has 6 heteroatoms. The average Bonchev–Trinajstić information content (AvgIpc) is 2.46. The third kappa shape index (κ3) is 7.60. The minimum atomic E-state index is -0.404. The number of anilines is 1. The standard InChI is InChI=1S/C14H21NO5/c1-17-9-10-18-7-2-8-19-14(16)11-20-13-5-3-12(15)4-6-13/h3-6H,2,7-11,15H2,1H3. The zero-order chi connectivity index (χ0) is 14.6. The lowest BCUT2D eigenvalue weighted by molar-refractivity contribution is -0.146. The highest BCUT2D eigenvalue weighted by Crippen LogP contribution is 2.12. The van der Waals surface area contributed by atoms with Crippen LogP contribution in [0.4, 0.5) is 5.69 Å². The largest absolute Gasteiger partial charge is 0.482 e. The molecule has 0 atom stereocenters. The minimum absolute atomic E-state index is 0.117. The highest BCUT2D eigenvalue weighted by Gasteiger charge is 2.04. The van der Waals surface area contributed by atoms with Gasteiger partial charge in [-0.3, -0.25) is 0 Å². The number of benzene rings is 1. The lowest BCUT2D eigenvalue weighted by Crippen LogP contribution is -2.16. The normalized spacial score (nSPS) is 10.2. The molecule has 6 nitrogen and oxygen atoms in total. The number of hydrogen-bond donors (Lipinski definition) is 1. The van der Waals surface area contributed by atoms with E-state index in [1.165, 1.54) is 0 Å². The van der Waals surface area contributed by atoms with E-state index < -0.39 is 5.97 Å². The lowest BCUT2D eigenvalue weighted by Gasteiger charge is -2.07. The second-order valence-electron chi connectivity index (χ2n) is 4.04. The van der Waals surface area contributed by atoms with Gasteiger partial charge in [-0.15, -0.1) is 0 Å². The molecule has 0 saturated heterocycles. The van der Waals surface area contributed by atoms with Gasteiger partial charge in [0.1, 0.15) is 5.75 Å². The summed E-state index contributed by atoms with van der Waals surface area (Å²) in [5.74, 6) is 0.178. The molecule has 112 valence electrons. The predicted octanol–water partition coefficient (Wildman–Crippen LogP) is 1.24. The Morgan fingerprint density at radius 2 is 1.85 bits per heavy atom. The molecule has 2 N–H and O–H groups in total. The molecule has 1 aromatic carbocycles. The van der Waals surface area contributed by atoms with Crippen LogP contribution in [0.2, 0.25) is 0 Å². The van der Waals surface area contributed by atoms with Crippen molar-refractivity contribution in [1.29, 1.82) is 0 Å². The van der Waals surface area contributed by atoms with Crippen LogP contribution in [0, 0.1) is 0 Å². The van der Waals surface area contributed by atoms with Gasteiger partial charge in [0, 0.05) is 25.8 Å². The monoisotopic (exact) mass is 283 g/mol. The molecule has 0 unspecified atom stereocenters. The Morgan fingerprint density at radius 3 is 2.55 bits per heavy atom. The van der Waals surface area contributed by atoms with Gasteiger partial charge in [-0.1, -0.05) is 0 Å². The number of methoxy groups -OCH3 is 1. The summed E-state index contributed by atoms with van der Waals surface area (Å²) >= 11 is 0. The zero-order valence-electron chi connectivity index (χ0n) is 11.7. The summed E-state index contributed by atoms with van der Waals surface area (Å²) in [5, 5.41) is 0. The van der Waals surface area contributed by atoms with E-state index in [-0.39, 0.29) is 6.61 Å². The average molecular weight is 283 g/mol. The Labute approximate surface area is 118 Å². The van der Waals surface area contributed by atoms with Crippen molar-refractivity contribution < 1.29 is 23.7 Å². The van der Waals surface area contributed by atoms with E-state index in [4.69, 9.17) is 24.7 Å². The number of nitrogen functional groups attached to an aromatic ring is 1. The van der Waals surface area contributed by atoms with E-state index in [0.29, 0.717) is 44.3 Å². The first kappa shape index (κ1) is 16.3. The summed E-state index contributed by atoms with van der Waals surface area (Å²) in [6.07, 6.45) is 0.650. The van der Waals surface area contributed by atoms with Crippen LogP contribution >= 0.6 is 0 Å². The molecule has 1 aromatic rings. The lowest BCUT2D eigenvalue weighted by atomic mass is 10.3. The van der Waals surface area contributed by atoms with Crippen LogP contribution in [0.5, 0.6) is 5.75 Å². The van der Waals surface area contributed by atoms with Crippen molar-refractivity contribution in [3.63, 3.8) is 0 Å². The topological polar surface area (TPSA) is 80.0 Å². The highest BCUT2D eigenvalue weighted by molar-refractivity contribution is 5.71. The van der Waals surface area contributed by atoms with Gasteiger partial charge in [0.25, 0.3) is 0 Å². The first-order valence-corrected chi connectivity index (χ1v) is 6.43. The molecule has 0 aliphatic rings. The molecule has 0 spiro atoms. The Bertz CT molecular complexity index is 380. The molecule has 1 rings (SSSR count). The van der Waals surface area contributed by atoms with Crippen molar-refractivity contribution in [3.05, 3.63) is 24.3 Å². The Hall–Kier alpha value is -1.79. The summed E-state index contributed by atoms with van der Waals surface area (Å²) < 4.78 is 20.3. The number of ether oxygens (including phenoxy) is 4. The summed E-state index contributed by atoms with van der Waals surface area (Å²) in [7, 11) is 1.62. The molecule has 0 aliphatic heterocycles. The fraction of sp³-hybridized carbons (Fsp3) is 0.500. The number of carbonyl (C=O) groups excluding carboxylic acids is 1. The molecule has 20 heavy (non-hydrogen) atoms. The van der Waals surface area contributed by atoms with Crippen LogP contribution in [0.3, 0.4) is 0 Å². The maximum absolute atomic E-state index is 11.4. The van der Waals surface area contributed by atoms with E-state index in [1.54, 1.807) is 31.4 Å². The minimum Gasteiger partial charge on any atom is -0.482 e. The van der Waals surface area contributed by atoms with Crippen molar-refractivity contribution in [1.82, 2.24) is 0 Å². The first-order valence-electron chi connectivity index (χ1n) is 6.43. The second kappa shape index (κ2) is 10.1. The van der Waals surface area contributed by atoms with E-state index in [2.05, 4.69) is 0 Å². The van der Waals surface area contributed by atoms with Gasteiger partial charge in [-0.25, -0.2) is 4.79 Å². The Morgan fingerprint density at radius 1 is 1.10 bits per heavy atom. The van der Waals surface area contributed by atoms with Gasteiger partial charge in [0.05, 0.1) is 19.8 Å². The van der Waals surface area contributed by atoms with Gasteiger partial charge < -0.3 is 24.7 Å². The Balaban J connectivity index is 2.01. The predicted molar refractivity (Wildman–Crippen MR) is 74.6 cm³/mol. The van der Waals surface area contributed by atoms with Crippen molar-refractivity contribution in [2.75, 3.05) is 45.9 Å². The molecular weight excluding hydrogens is 262 g/mol. The van der Waals surface area contributed by atoms with Crippen LogP contribution in [0.1, 0.15) is 6.42 Å². The van der Waals surface area contributed by atoms with E-state index in [9.17, 15) is 4.79 Å².